The van der Waals surface area contributed by atoms with Crippen molar-refractivity contribution in [3.63, 3.8) is 0 Å². The molecule has 190 valence electrons. The highest BCUT2D eigenvalue weighted by Gasteiger charge is 2.40. The van der Waals surface area contributed by atoms with Gasteiger partial charge in [0.15, 0.2) is 0 Å². The number of nitrogens with zero attached hydrogens (tertiary/aromatic N) is 2. The summed E-state index contributed by atoms with van der Waals surface area (Å²) in [5.74, 6) is -0.172. The number of carbonyl (C=O) groups excluding carboxylic acids is 1. The summed E-state index contributed by atoms with van der Waals surface area (Å²) < 4.78 is 28.0. The standard InChI is InChI=1S/C26H33N3O3S.C2H6/c1-5-6-11-22-12-10-15-24(21(22)2)25(30)27-20-26(23-13-8-7-9-14-23)16-18-29(19-17-26)33(31,32)28(3)4;1-2/h5-15H,2,16-20H2,1,3-4H3,(H,27,30);1-2H3/b6-5-,22-11-;. The van der Waals surface area contributed by atoms with Crippen molar-refractivity contribution in [1.29, 1.82) is 0 Å². The molecule has 1 N–H and O–H groups in total. The fourth-order valence-corrected chi connectivity index (χ4v) is 5.36. The monoisotopic (exact) mass is 497 g/mol. The van der Waals surface area contributed by atoms with Crippen LogP contribution in [0.2, 0.25) is 0 Å². The van der Waals surface area contributed by atoms with Crippen LogP contribution >= 0.6 is 0 Å². The maximum Gasteiger partial charge on any atom is 0.281 e. The van der Waals surface area contributed by atoms with Gasteiger partial charge in [0.1, 0.15) is 0 Å². The zero-order chi connectivity index (χ0) is 26.1. The highest BCUT2D eigenvalue weighted by atomic mass is 32.2. The third-order valence-corrected chi connectivity index (χ3v) is 8.31. The second-order valence-corrected chi connectivity index (χ2v) is 10.7. The van der Waals surface area contributed by atoms with Crippen LogP contribution in [0, 0.1) is 0 Å². The molecule has 0 aromatic heterocycles. The van der Waals surface area contributed by atoms with Gasteiger partial charge in [-0.05, 0) is 41.8 Å². The van der Waals surface area contributed by atoms with E-state index in [9.17, 15) is 13.2 Å². The summed E-state index contributed by atoms with van der Waals surface area (Å²) >= 11 is 0. The summed E-state index contributed by atoms with van der Waals surface area (Å²) in [6.45, 7) is 11.3. The van der Waals surface area contributed by atoms with Crippen LogP contribution in [0.5, 0.6) is 0 Å². The van der Waals surface area contributed by atoms with Gasteiger partial charge in [-0.15, -0.1) is 0 Å². The molecule has 0 bridgehead atoms. The molecule has 2 aromatic rings. The van der Waals surface area contributed by atoms with E-state index in [0.717, 1.165) is 10.8 Å². The van der Waals surface area contributed by atoms with E-state index in [-0.39, 0.29) is 11.3 Å². The van der Waals surface area contributed by atoms with Gasteiger partial charge >= 0.3 is 0 Å². The number of piperidine rings is 1. The van der Waals surface area contributed by atoms with Gasteiger partial charge in [-0.1, -0.05) is 81.1 Å². The third-order valence-electron chi connectivity index (χ3n) is 6.37. The van der Waals surface area contributed by atoms with E-state index in [4.69, 9.17) is 0 Å². The van der Waals surface area contributed by atoms with E-state index >= 15 is 0 Å². The topological polar surface area (TPSA) is 69.7 Å². The number of rotatable bonds is 7. The molecule has 2 aromatic carbocycles. The predicted octanol–water partition coefficient (Wildman–Crippen LogP) is 3.05. The Morgan fingerprint density at radius 2 is 1.71 bits per heavy atom. The Balaban J connectivity index is 0.00000210. The van der Waals surface area contributed by atoms with E-state index < -0.39 is 10.2 Å². The Bertz CT molecular complexity index is 1210. The van der Waals surface area contributed by atoms with E-state index in [0.29, 0.717) is 43.3 Å². The van der Waals surface area contributed by atoms with Crippen LogP contribution in [0.3, 0.4) is 0 Å². The smallest absolute Gasteiger partial charge is 0.281 e. The van der Waals surface area contributed by atoms with Crippen LogP contribution in [0.15, 0.2) is 60.7 Å². The summed E-state index contributed by atoms with van der Waals surface area (Å²) in [6.07, 6.45) is 7.03. The van der Waals surface area contributed by atoms with Gasteiger partial charge < -0.3 is 5.32 Å². The summed E-state index contributed by atoms with van der Waals surface area (Å²) in [5.41, 5.74) is 1.31. The van der Waals surface area contributed by atoms with Crippen molar-refractivity contribution in [2.45, 2.75) is 39.0 Å². The molecule has 1 heterocycles. The first-order valence-electron chi connectivity index (χ1n) is 12.1. The summed E-state index contributed by atoms with van der Waals surface area (Å²) in [4.78, 5) is 13.1. The van der Waals surface area contributed by atoms with Crippen LogP contribution < -0.4 is 15.8 Å². The average molecular weight is 498 g/mol. The third kappa shape index (κ3) is 6.69. The minimum Gasteiger partial charge on any atom is -0.351 e. The lowest BCUT2D eigenvalue weighted by atomic mass is 9.73. The maximum absolute atomic E-state index is 13.1. The molecular weight excluding hydrogens is 458 g/mol. The number of carbonyl (C=O) groups is 1. The lowest BCUT2D eigenvalue weighted by molar-refractivity contribution is 0.0931. The van der Waals surface area contributed by atoms with Gasteiger partial charge in [-0.2, -0.15) is 17.0 Å². The molecule has 0 spiro atoms. The Hall–Kier alpha value is -2.74. The zero-order valence-corrected chi connectivity index (χ0v) is 22.4. The SMILES string of the molecule is C=c1c(C(=O)NCC2(c3ccccc3)CCN(S(=O)(=O)N(C)C)CC2)ccc/c1=C/C=C\C.CC. The van der Waals surface area contributed by atoms with Gasteiger partial charge in [0.05, 0.1) is 0 Å². The van der Waals surface area contributed by atoms with Gasteiger partial charge in [-0.25, -0.2) is 0 Å². The maximum atomic E-state index is 13.1. The highest BCUT2D eigenvalue weighted by molar-refractivity contribution is 7.86. The fourth-order valence-electron chi connectivity index (χ4n) is 4.25. The number of nitrogens with one attached hydrogen (secondary N) is 1. The first kappa shape index (κ1) is 28.5. The molecule has 3 rings (SSSR count). The molecule has 0 radical (unpaired) electrons. The molecule has 1 saturated heterocycles. The van der Waals surface area contributed by atoms with E-state index in [2.05, 4.69) is 24.0 Å². The van der Waals surface area contributed by atoms with E-state index in [1.54, 1.807) is 20.2 Å². The molecule has 35 heavy (non-hydrogen) atoms. The normalized spacial score (nSPS) is 16.7. The molecule has 1 amide bonds. The zero-order valence-electron chi connectivity index (χ0n) is 21.6. The highest BCUT2D eigenvalue weighted by Crippen LogP contribution is 2.36. The lowest BCUT2D eigenvalue weighted by Crippen LogP contribution is -2.52. The summed E-state index contributed by atoms with van der Waals surface area (Å²) in [7, 11) is -0.366. The molecule has 1 aliphatic rings. The quantitative estimate of drug-likeness (QED) is 0.639. The van der Waals surface area contributed by atoms with Gasteiger partial charge in [-0.3, -0.25) is 4.79 Å². The van der Waals surface area contributed by atoms with Gasteiger partial charge in [0.2, 0.25) is 0 Å². The molecule has 0 atom stereocenters. The molecule has 0 unspecified atom stereocenters. The Labute approximate surface area is 210 Å². The number of hydrogen-bond donors (Lipinski definition) is 1. The number of hydrogen-bond acceptors (Lipinski definition) is 3. The average Bonchev–Trinajstić information content (AvgIpc) is 2.88. The van der Waals surface area contributed by atoms with Gasteiger partial charge in [0.25, 0.3) is 16.1 Å². The largest absolute Gasteiger partial charge is 0.351 e. The molecule has 6 nitrogen and oxygen atoms in total. The summed E-state index contributed by atoms with van der Waals surface area (Å²) in [5, 5.41) is 4.71. The predicted molar refractivity (Wildman–Crippen MR) is 146 cm³/mol. The van der Waals surface area contributed by atoms with Crippen molar-refractivity contribution >= 4 is 28.8 Å². The van der Waals surface area contributed by atoms with E-state index in [1.807, 2.05) is 69.3 Å². The van der Waals surface area contributed by atoms with Crippen molar-refractivity contribution in [2.75, 3.05) is 33.7 Å². The number of amides is 1. The number of allylic oxidation sites excluding steroid dienone is 2. The molecule has 0 saturated carbocycles. The minimum atomic E-state index is -3.46. The van der Waals surface area contributed by atoms with Crippen LogP contribution in [0.1, 0.15) is 49.5 Å². The van der Waals surface area contributed by atoms with Gasteiger partial charge in [0, 0.05) is 44.7 Å². The molecule has 0 aliphatic carbocycles. The molecular formula is C28H39N3O3S. The van der Waals surface area contributed by atoms with Crippen LogP contribution in [-0.2, 0) is 15.6 Å². The lowest BCUT2D eigenvalue weighted by Gasteiger charge is -2.42. The fraction of sp³-hybridized carbons (Fsp3) is 0.393. The Kier molecular flexibility index (Phi) is 10.4. The second kappa shape index (κ2) is 12.8. The first-order valence-corrected chi connectivity index (χ1v) is 13.5. The van der Waals surface area contributed by atoms with Crippen molar-refractivity contribution in [1.82, 2.24) is 13.9 Å². The van der Waals surface area contributed by atoms with Crippen LogP contribution in [0.4, 0.5) is 0 Å². The summed E-state index contributed by atoms with van der Waals surface area (Å²) in [6, 6.07) is 15.6. The molecule has 1 fully saturated rings. The van der Waals surface area contributed by atoms with Crippen molar-refractivity contribution in [3.05, 3.63) is 82.2 Å². The number of benzene rings is 2. The Morgan fingerprint density at radius 3 is 2.29 bits per heavy atom. The van der Waals surface area contributed by atoms with Crippen molar-refractivity contribution in [2.24, 2.45) is 0 Å². The van der Waals surface area contributed by atoms with Crippen LogP contribution in [-0.4, -0.2) is 56.7 Å². The molecule has 1 aliphatic heterocycles. The van der Waals surface area contributed by atoms with Crippen molar-refractivity contribution in [3.8, 4) is 0 Å². The minimum absolute atomic E-state index is 0.172. The molecule has 7 heteroatoms. The Morgan fingerprint density at radius 1 is 1.09 bits per heavy atom. The first-order chi connectivity index (χ1) is 16.7. The second-order valence-electron chi connectivity index (χ2n) is 8.58. The van der Waals surface area contributed by atoms with Crippen molar-refractivity contribution < 1.29 is 13.2 Å². The van der Waals surface area contributed by atoms with E-state index in [1.165, 1.54) is 8.61 Å². The van der Waals surface area contributed by atoms with Crippen LogP contribution in [0.25, 0.3) is 12.7 Å².